The summed E-state index contributed by atoms with van der Waals surface area (Å²) in [6.45, 7) is 1.10. The lowest BCUT2D eigenvalue weighted by Gasteiger charge is -2.31. The minimum Gasteiger partial charge on any atom is -0.496 e. The summed E-state index contributed by atoms with van der Waals surface area (Å²) in [6, 6.07) is 18.0. The van der Waals surface area contributed by atoms with E-state index >= 15 is 0 Å². The maximum absolute atomic E-state index is 5.56. The van der Waals surface area contributed by atoms with Gasteiger partial charge < -0.3 is 10.1 Å². The van der Waals surface area contributed by atoms with Gasteiger partial charge in [0.2, 0.25) is 0 Å². The van der Waals surface area contributed by atoms with Gasteiger partial charge in [-0.25, -0.2) is 0 Å². The average Bonchev–Trinajstić information content (AvgIpc) is 2.98. The van der Waals surface area contributed by atoms with Crippen molar-refractivity contribution in [3.63, 3.8) is 0 Å². The molecule has 0 radical (unpaired) electrons. The molecule has 1 saturated heterocycles. The van der Waals surface area contributed by atoms with Gasteiger partial charge in [0.05, 0.1) is 7.11 Å². The van der Waals surface area contributed by atoms with Gasteiger partial charge in [0.25, 0.3) is 0 Å². The van der Waals surface area contributed by atoms with Crippen LogP contribution in [0.25, 0.3) is 0 Å². The number of methoxy groups -OCH3 is 1. The standard InChI is InChI=1S/C20H23NO/c1-22-20-9-5-8-15-17(20)11-10-16-18(15)13-21-19(16)12-14-6-3-2-4-7-14/h2-9,16,18-19,21H,10-13H2,1H3/t16?,18-,19-/m1/s1. The van der Waals surface area contributed by atoms with Gasteiger partial charge in [0, 0.05) is 18.5 Å². The first kappa shape index (κ1) is 13.8. The van der Waals surface area contributed by atoms with E-state index in [0.717, 1.165) is 31.1 Å². The first-order valence-corrected chi connectivity index (χ1v) is 8.30. The van der Waals surface area contributed by atoms with Gasteiger partial charge in [-0.2, -0.15) is 0 Å². The van der Waals surface area contributed by atoms with Gasteiger partial charge >= 0.3 is 0 Å². The van der Waals surface area contributed by atoms with Gasteiger partial charge in [-0.1, -0.05) is 42.5 Å². The highest BCUT2D eigenvalue weighted by atomic mass is 16.5. The number of hydrogen-bond donors (Lipinski definition) is 1. The first-order chi connectivity index (χ1) is 10.9. The number of ether oxygens (including phenoxy) is 1. The highest BCUT2D eigenvalue weighted by Crippen LogP contribution is 2.44. The van der Waals surface area contributed by atoms with Crippen LogP contribution in [0.4, 0.5) is 0 Å². The van der Waals surface area contributed by atoms with E-state index in [-0.39, 0.29) is 0 Å². The molecule has 0 amide bonds. The number of hydrogen-bond acceptors (Lipinski definition) is 2. The highest BCUT2D eigenvalue weighted by molar-refractivity contribution is 5.45. The van der Waals surface area contributed by atoms with Crippen LogP contribution in [0, 0.1) is 5.92 Å². The zero-order chi connectivity index (χ0) is 14.9. The van der Waals surface area contributed by atoms with E-state index in [1.807, 2.05) is 0 Å². The van der Waals surface area contributed by atoms with Crippen molar-refractivity contribution >= 4 is 0 Å². The van der Waals surface area contributed by atoms with E-state index in [1.54, 1.807) is 7.11 Å². The molecule has 1 aliphatic carbocycles. The van der Waals surface area contributed by atoms with E-state index < -0.39 is 0 Å². The molecule has 3 atom stereocenters. The number of benzene rings is 2. The lowest BCUT2D eigenvalue weighted by Crippen LogP contribution is -2.31. The molecule has 1 N–H and O–H groups in total. The predicted octanol–water partition coefficient (Wildman–Crippen LogP) is 3.56. The third kappa shape index (κ3) is 2.32. The second kappa shape index (κ2) is 5.77. The van der Waals surface area contributed by atoms with Crippen molar-refractivity contribution in [3.05, 3.63) is 65.2 Å². The molecule has 2 aromatic carbocycles. The summed E-state index contributed by atoms with van der Waals surface area (Å²) < 4.78 is 5.56. The summed E-state index contributed by atoms with van der Waals surface area (Å²) in [5, 5.41) is 3.78. The van der Waals surface area contributed by atoms with Gasteiger partial charge in [0.1, 0.15) is 5.75 Å². The Kier molecular flexibility index (Phi) is 3.63. The molecule has 22 heavy (non-hydrogen) atoms. The van der Waals surface area contributed by atoms with Crippen molar-refractivity contribution in [2.45, 2.75) is 31.2 Å². The Bertz CT molecular complexity index is 652. The molecule has 2 nitrogen and oxygen atoms in total. The van der Waals surface area contributed by atoms with Crippen LogP contribution in [-0.4, -0.2) is 19.7 Å². The minimum atomic E-state index is 0.603. The van der Waals surface area contributed by atoms with Crippen LogP contribution < -0.4 is 10.1 Å². The van der Waals surface area contributed by atoms with Crippen LogP contribution in [-0.2, 0) is 12.8 Å². The monoisotopic (exact) mass is 293 g/mol. The summed E-state index contributed by atoms with van der Waals surface area (Å²) in [5.41, 5.74) is 4.39. The Morgan fingerprint density at radius 3 is 2.77 bits per heavy atom. The lowest BCUT2D eigenvalue weighted by atomic mass is 9.73. The zero-order valence-electron chi connectivity index (χ0n) is 13.1. The topological polar surface area (TPSA) is 21.3 Å². The summed E-state index contributed by atoms with van der Waals surface area (Å²) in [6.07, 6.45) is 3.55. The maximum atomic E-state index is 5.56. The molecule has 1 fully saturated rings. The number of rotatable bonds is 3. The molecule has 0 saturated carbocycles. The molecule has 1 aliphatic heterocycles. The molecule has 0 aromatic heterocycles. The smallest absolute Gasteiger partial charge is 0.122 e. The summed E-state index contributed by atoms with van der Waals surface area (Å²) >= 11 is 0. The van der Waals surface area contributed by atoms with E-state index in [1.165, 1.54) is 23.1 Å². The van der Waals surface area contributed by atoms with Crippen molar-refractivity contribution in [3.8, 4) is 5.75 Å². The van der Waals surface area contributed by atoms with Crippen LogP contribution in [0.3, 0.4) is 0 Å². The minimum absolute atomic E-state index is 0.603. The maximum Gasteiger partial charge on any atom is 0.122 e. The molecule has 1 unspecified atom stereocenters. The number of nitrogens with one attached hydrogen (secondary N) is 1. The molecular formula is C20H23NO. The second-order valence-corrected chi connectivity index (χ2v) is 6.54. The van der Waals surface area contributed by atoms with Crippen molar-refractivity contribution in [1.29, 1.82) is 0 Å². The molecule has 2 heteroatoms. The van der Waals surface area contributed by atoms with E-state index in [0.29, 0.717) is 12.0 Å². The second-order valence-electron chi connectivity index (χ2n) is 6.54. The van der Waals surface area contributed by atoms with Crippen LogP contribution in [0.2, 0.25) is 0 Å². The van der Waals surface area contributed by atoms with Crippen molar-refractivity contribution in [1.82, 2.24) is 5.32 Å². The summed E-state index contributed by atoms with van der Waals surface area (Å²) in [4.78, 5) is 0. The average molecular weight is 293 g/mol. The Labute approximate surface area is 132 Å². The Balaban J connectivity index is 1.58. The Morgan fingerprint density at radius 2 is 1.95 bits per heavy atom. The summed E-state index contributed by atoms with van der Waals surface area (Å²) in [5.74, 6) is 2.47. The fourth-order valence-electron chi connectivity index (χ4n) is 4.40. The fourth-order valence-corrected chi connectivity index (χ4v) is 4.40. The molecular weight excluding hydrogens is 270 g/mol. The summed E-state index contributed by atoms with van der Waals surface area (Å²) in [7, 11) is 1.78. The van der Waals surface area contributed by atoms with E-state index in [2.05, 4.69) is 53.8 Å². The van der Waals surface area contributed by atoms with Crippen LogP contribution >= 0.6 is 0 Å². The van der Waals surface area contributed by atoms with Crippen molar-refractivity contribution in [2.24, 2.45) is 5.92 Å². The van der Waals surface area contributed by atoms with E-state index in [4.69, 9.17) is 4.74 Å². The van der Waals surface area contributed by atoms with Crippen LogP contribution in [0.15, 0.2) is 48.5 Å². The van der Waals surface area contributed by atoms with Gasteiger partial charge in [0.15, 0.2) is 0 Å². The van der Waals surface area contributed by atoms with Crippen LogP contribution in [0.5, 0.6) is 5.75 Å². The largest absolute Gasteiger partial charge is 0.496 e. The first-order valence-electron chi connectivity index (χ1n) is 8.30. The molecule has 0 spiro atoms. The Hall–Kier alpha value is -1.80. The number of fused-ring (bicyclic) bond motifs is 3. The van der Waals surface area contributed by atoms with Gasteiger partial charge in [-0.3, -0.25) is 0 Å². The normalized spacial score (nSPS) is 26.3. The third-order valence-corrected chi connectivity index (χ3v) is 5.45. The van der Waals surface area contributed by atoms with Gasteiger partial charge in [-0.05, 0) is 47.9 Å². The third-order valence-electron chi connectivity index (χ3n) is 5.45. The molecule has 0 bridgehead atoms. The van der Waals surface area contributed by atoms with Gasteiger partial charge in [-0.15, -0.1) is 0 Å². The molecule has 114 valence electrons. The quantitative estimate of drug-likeness (QED) is 0.934. The lowest BCUT2D eigenvalue weighted by molar-refractivity contribution is 0.359. The zero-order valence-corrected chi connectivity index (χ0v) is 13.1. The molecule has 4 rings (SSSR count). The molecule has 1 heterocycles. The molecule has 2 aliphatic rings. The SMILES string of the molecule is COc1cccc2c1CCC1[C@@H]2CN[C@@H]1Cc1ccccc1. The van der Waals surface area contributed by atoms with E-state index in [9.17, 15) is 0 Å². The van der Waals surface area contributed by atoms with Crippen molar-refractivity contribution in [2.75, 3.05) is 13.7 Å². The highest BCUT2D eigenvalue weighted by Gasteiger charge is 2.40. The molecule has 2 aromatic rings. The Morgan fingerprint density at radius 1 is 1.09 bits per heavy atom. The fraction of sp³-hybridized carbons (Fsp3) is 0.400. The van der Waals surface area contributed by atoms with Crippen LogP contribution in [0.1, 0.15) is 29.0 Å². The predicted molar refractivity (Wildman–Crippen MR) is 89.5 cm³/mol. The van der Waals surface area contributed by atoms with Crippen molar-refractivity contribution < 1.29 is 4.74 Å².